The van der Waals surface area contributed by atoms with Crippen LogP contribution in [0.15, 0.2) is 42.5 Å². The van der Waals surface area contributed by atoms with E-state index in [0.29, 0.717) is 10.8 Å². The molecule has 3 nitrogen and oxygen atoms in total. The predicted octanol–water partition coefficient (Wildman–Crippen LogP) is 4.02. The van der Waals surface area contributed by atoms with Gasteiger partial charge in [0.05, 0.1) is 10.7 Å². The number of halogens is 3. The van der Waals surface area contributed by atoms with Gasteiger partial charge in [-0.3, -0.25) is 4.79 Å². The average molecular weight is 312 g/mol. The number of carbonyl (C=O) groups excluding carboxylic acids is 1. The van der Waals surface area contributed by atoms with Crippen molar-refractivity contribution < 1.29 is 18.3 Å². The lowest BCUT2D eigenvalue weighted by molar-refractivity contribution is -0.122. The van der Waals surface area contributed by atoms with E-state index >= 15 is 0 Å². The number of hydrogen-bond donors (Lipinski definition) is 1. The Bertz CT molecular complexity index is 664. The molecule has 2 aromatic carbocycles. The SMILES string of the molecule is C[C@H](Oc1ccccc1Cl)C(=O)Nc1cc(F)ccc1F. The number of benzene rings is 2. The molecule has 1 amide bonds. The van der Waals surface area contributed by atoms with Gasteiger partial charge >= 0.3 is 0 Å². The first-order valence-corrected chi connectivity index (χ1v) is 6.52. The number of amides is 1. The number of ether oxygens (including phenoxy) is 1. The maximum Gasteiger partial charge on any atom is 0.265 e. The van der Waals surface area contributed by atoms with Gasteiger partial charge in [0.2, 0.25) is 0 Å². The maximum absolute atomic E-state index is 13.4. The van der Waals surface area contributed by atoms with Crippen molar-refractivity contribution in [3.63, 3.8) is 0 Å². The molecule has 110 valence electrons. The van der Waals surface area contributed by atoms with Crippen molar-refractivity contribution in [2.75, 3.05) is 5.32 Å². The van der Waals surface area contributed by atoms with E-state index in [4.69, 9.17) is 16.3 Å². The van der Waals surface area contributed by atoms with Crippen LogP contribution in [-0.2, 0) is 4.79 Å². The van der Waals surface area contributed by atoms with Crippen molar-refractivity contribution in [2.45, 2.75) is 13.0 Å². The van der Waals surface area contributed by atoms with E-state index in [0.717, 1.165) is 18.2 Å². The van der Waals surface area contributed by atoms with Gasteiger partial charge in [-0.25, -0.2) is 8.78 Å². The van der Waals surface area contributed by atoms with Crippen LogP contribution < -0.4 is 10.1 Å². The Kier molecular flexibility index (Phi) is 4.75. The number of carbonyl (C=O) groups is 1. The third kappa shape index (κ3) is 3.92. The summed E-state index contributed by atoms with van der Waals surface area (Å²) >= 11 is 5.91. The average Bonchev–Trinajstić information content (AvgIpc) is 2.45. The van der Waals surface area contributed by atoms with E-state index in [1.165, 1.54) is 6.92 Å². The lowest BCUT2D eigenvalue weighted by Gasteiger charge is -2.15. The quantitative estimate of drug-likeness (QED) is 0.926. The molecule has 0 bridgehead atoms. The third-order valence-electron chi connectivity index (χ3n) is 2.70. The highest BCUT2D eigenvalue weighted by Crippen LogP contribution is 2.24. The minimum atomic E-state index is -0.924. The number of nitrogens with one attached hydrogen (secondary N) is 1. The summed E-state index contributed by atoms with van der Waals surface area (Å²) in [5.41, 5.74) is -0.241. The molecule has 0 aliphatic heterocycles. The smallest absolute Gasteiger partial charge is 0.265 e. The van der Waals surface area contributed by atoms with Crippen molar-refractivity contribution in [1.82, 2.24) is 0 Å². The van der Waals surface area contributed by atoms with Crippen LogP contribution in [0.25, 0.3) is 0 Å². The van der Waals surface area contributed by atoms with Crippen molar-refractivity contribution >= 4 is 23.2 Å². The molecule has 0 aliphatic carbocycles. The zero-order valence-corrected chi connectivity index (χ0v) is 11.8. The Labute approximate surface area is 125 Å². The Balaban J connectivity index is 2.06. The van der Waals surface area contributed by atoms with Gasteiger partial charge in [0.1, 0.15) is 17.4 Å². The third-order valence-corrected chi connectivity index (χ3v) is 3.01. The van der Waals surface area contributed by atoms with Gasteiger partial charge < -0.3 is 10.1 Å². The normalized spacial score (nSPS) is 11.8. The summed E-state index contributed by atoms with van der Waals surface area (Å²) in [6.07, 6.45) is -0.924. The standard InChI is InChI=1S/C15H12ClF2NO2/c1-9(21-14-5-3-2-4-11(14)16)15(20)19-13-8-10(17)6-7-12(13)18/h2-9H,1H3,(H,19,20)/t9-/m0/s1. The van der Waals surface area contributed by atoms with Gasteiger partial charge in [-0.05, 0) is 31.2 Å². The summed E-state index contributed by atoms with van der Waals surface area (Å²) in [4.78, 5) is 11.9. The van der Waals surface area contributed by atoms with Gasteiger partial charge in [0, 0.05) is 6.07 Å². The Morgan fingerprint density at radius 3 is 2.67 bits per heavy atom. The molecule has 0 aromatic heterocycles. The van der Waals surface area contributed by atoms with Crippen molar-refractivity contribution in [1.29, 1.82) is 0 Å². The van der Waals surface area contributed by atoms with E-state index in [-0.39, 0.29) is 5.69 Å². The second-order valence-electron chi connectivity index (χ2n) is 4.30. The van der Waals surface area contributed by atoms with E-state index < -0.39 is 23.6 Å². The van der Waals surface area contributed by atoms with Gasteiger partial charge in [0.25, 0.3) is 5.91 Å². The van der Waals surface area contributed by atoms with Gasteiger partial charge in [-0.1, -0.05) is 23.7 Å². The zero-order chi connectivity index (χ0) is 15.4. The second-order valence-corrected chi connectivity index (χ2v) is 4.71. The summed E-state index contributed by atoms with van der Waals surface area (Å²) in [5.74, 6) is -1.65. The Morgan fingerprint density at radius 2 is 1.95 bits per heavy atom. The van der Waals surface area contributed by atoms with Crippen molar-refractivity contribution in [3.05, 3.63) is 59.1 Å². The van der Waals surface area contributed by atoms with E-state index in [1.54, 1.807) is 24.3 Å². The monoisotopic (exact) mass is 311 g/mol. The summed E-state index contributed by atoms with van der Waals surface area (Å²) in [6.45, 7) is 1.48. The molecule has 0 unspecified atom stereocenters. The number of hydrogen-bond acceptors (Lipinski definition) is 2. The summed E-state index contributed by atoms with van der Waals surface area (Å²) in [6, 6.07) is 9.46. The lowest BCUT2D eigenvalue weighted by atomic mass is 10.2. The highest BCUT2D eigenvalue weighted by molar-refractivity contribution is 6.32. The molecule has 0 spiro atoms. The molecule has 2 aromatic rings. The molecule has 0 radical (unpaired) electrons. The maximum atomic E-state index is 13.4. The summed E-state index contributed by atoms with van der Waals surface area (Å²) in [5, 5.41) is 2.62. The first-order valence-electron chi connectivity index (χ1n) is 6.14. The van der Waals surface area contributed by atoms with Crippen LogP contribution in [-0.4, -0.2) is 12.0 Å². The highest BCUT2D eigenvalue weighted by atomic mass is 35.5. The minimum absolute atomic E-state index is 0.241. The van der Waals surface area contributed by atoms with Crippen molar-refractivity contribution in [2.24, 2.45) is 0 Å². The molecule has 0 fully saturated rings. The summed E-state index contributed by atoms with van der Waals surface area (Å²) in [7, 11) is 0. The largest absolute Gasteiger partial charge is 0.479 e. The van der Waals surface area contributed by atoms with Gasteiger partial charge in [-0.2, -0.15) is 0 Å². The number of para-hydroxylation sites is 1. The molecule has 1 atom stereocenters. The van der Waals surface area contributed by atoms with Crippen LogP contribution in [0.1, 0.15) is 6.92 Å². The van der Waals surface area contributed by atoms with Crippen LogP contribution in [0.5, 0.6) is 5.75 Å². The van der Waals surface area contributed by atoms with E-state index in [9.17, 15) is 13.6 Å². The van der Waals surface area contributed by atoms with Crippen LogP contribution >= 0.6 is 11.6 Å². The van der Waals surface area contributed by atoms with E-state index in [2.05, 4.69) is 5.32 Å². The fourth-order valence-electron chi connectivity index (χ4n) is 1.61. The molecular weight excluding hydrogens is 300 g/mol. The van der Waals surface area contributed by atoms with Gasteiger partial charge in [-0.15, -0.1) is 0 Å². The van der Waals surface area contributed by atoms with Crippen LogP contribution in [0.3, 0.4) is 0 Å². The Hall–Kier alpha value is -2.14. The predicted molar refractivity (Wildman–Crippen MR) is 76.5 cm³/mol. The molecule has 0 saturated carbocycles. The van der Waals surface area contributed by atoms with E-state index in [1.807, 2.05) is 0 Å². The molecule has 0 saturated heterocycles. The molecule has 21 heavy (non-hydrogen) atoms. The Morgan fingerprint density at radius 1 is 1.24 bits per heavy atom. The molecule has 1 N–H and O–H groups in total. The van der Waals surface area contributed by atoms with Gasteiger partial charge in [0.15, 0.2) is 6.10 Å². The van der Waals surface area contributed by atoms with Crippen molar-refractivity contribution in [3.8, 4) is 5.75 Å². The second kappa shape index (κ2) is 6.54. The number of anilines is 1. The lowest BCUT2D eigenvalue weighted by Crippen LogP contribution is -2.30. The highest BCUT2D eigenvalue weighted by Gasteiger charge is 2.17. The number of rotatable bonds is 4. The fraction of sp³-hybridized carbons (Fsp3) is 0.133. The topological polar surface area (TPSA) is 38.3 Å². The van der Waals surface area contributed by atoms with Crippen LogP contribution in [0.2, 0.25) is 5.02 Å². The summed E-state index contributed by atoms with van der Waals surface area (Å²) < 4.78 is 31.9. The first kappa shape index (κ1) is 15.3. The zero-order valence-electron chi connectivity index (χ0n) is 11.1. The molecule has 2 rings (SSSR count). The fourth-order valence-corrected chi connectivity index (χ4v) is 1.79. The van der Waals surface area contributed by atoms with Crippen LogP contribution in [0, 0.1) is 11.6 Å². The first-order chi connectivity index (χ1) is 9.97. The molecule has 6 heteroatoms. The minimum Gasteiger partial charge on any atom is -0.479 e. The van der Waals surface area contributed by atoms with Crippen LogP contribution in [0.4, 0.5) is 14.5 Å². The molecule has 0 aliphatic rings. The molecular formula is C15H12ClF2NO2. The molecule has 0 heterocycles.